The van der Waals surface area contributed by atoms with E-state index in [1.54, 1.807) is 23.8 Å². The Kier molecular flexibility index (Phi) is 5.11. The average molecular weight is 349 g/mol. The number of fused-ring (bicyclic) bond motifs is 1. The van der Waals surface area contributed by atoms with E-state index in [4.69, 9.17) is 14.3 Å². The summed E-state index contributed by atoms with van der Waals surface area (Å²) in [6.07, 6.45) is -0.0570. The van der Waals surface area contributed by atoms with Gasteiger partial charge < -0.3 is 19.2 Å². The number of amides is 1. The number of carboxylic acid groups (broad SMARTS) is 1. The first-order valence-corrected chi connectivity index (χ1v) is 8.87. The number of benzene rings is 1. The van der Waals surface area contributed by atoms with Crippen molar-refractivity contribution in [1.29, 1.82) is 0 Å². The van der Waals surface area contributed by atoms with Gasteiger partial charge in [0, 0.05) is 36.1 Å². The van der Waals surface area contributed by atoms with Gasteiger partial charge in [-0.1, -0.05) is 18.2 Å². The molecule has 1 unspecified atom stereocenters. The van der Waals surface area contributed by atoms with Crippen molar-refractivity contribution in [1.82, 2.24) is 4.90 Å². The van der Waals surface area contributed by atoms with E-state index in [9.17, 15) is 9.59 Å². The molecule has 6 nitrogen and oxygen atoms in total. The summed E-state index contributed by atoms with van der Waals surface area (Å²) in [4.78, 5) is 25.7. The third kappa shape index (κ3) is 3.27. The number of carbonyl (C=O) groups is 2. The average Bonchev–Trinajstić information content (AvgIpc) is 2.93. The van der Waals surface area contributed by atoms with E-state index < -0.39 is 5.97 Å². The molecule has 0 bridgehead atoms. The van der Waals surface area contributed by atoms with E-state index in [-0.39, 0.29) is 30.7 Å². The topological polar surface area (TPSA) is 80.0 Å². The predicted molar refractivity (Wildman–Crippen MR) is 91.3 cm³/mol. The van der Waals surface area contributed by atoms with Crippen molar-refractivity contribution in [2.45, 2.75) is 19.1 Å². The van der Waals surface area contributed by atoms with Gasteiger partial charge in [-0.15, -0.1) is 0 Å². The Labute approximate surface area is 143 Å². The molecular formula is C17H19NO5S. The summed E-state index contributed by atoms with van der Waals surface area (Å²) < 4.78 is 11.0. The quantitative estimate of drug-likeness (QED) is 0.894. The SMILES string of the molecule is COCc1c(C(=O)N2CCSCC2CC(=O)O)oc2ccccc12. The Morgan fingerprint density at radius 2 is 2.21 bits per heavy atom. The molecule has 1 N–H and O–H groups in total. The van der Waals surface area contributed by atoms with E-state index in [0.29, 0.717) is 23.4 Å². The Morgan fingerprint density at radius 3 is 2.96 bits per heavy atom. The zero-order valence-corrected chi connectivity index (χ0v) is 14.2. The molecule has 24 heavy (non-hydrogen) atoms. The fourth-order valence-corrected chi connectivity index (χ4v) is 4.04. The molecule has 1 aromatic heterocycles. The minimum absolute atomic E-state index is 0.0570. The maximum atomic E-state index is 13.0. The molecule has 0 spiro atoms. The van der Waals surface area contributed by atoms with Crippen molar-refractivity contribution in [2.24, 2.45) is 0 Å². The summed E-state index contributed by atoms with van der Waals surface area (Å²) in [6, 6.07) is 7.12. The minimum atomic E-state index is -0.901. The Bertz CT molecular complexity index is 757. The summed E-state index contributed by atoms with van der Waals surface area (Å²) in [5.74, 6) is 0.506. The molecule has 128 valence electrons. The fraction of sp³-hybridized carbons (Fsp3) is 0.412. The number of thioether (sulfide) groups is 1. The molecule has 1 amide bonds. The molecule has 2 aromatic rings. The molecule has 1 atom stereocenters. The van der Waals surface area contributed by atoms with Gasteiger partial charge >= 0.3 is 5.97 Å². The van der Waals surface area contributed by atoms with Crippen LogP contribution >= 0.6 is 11.8 Å². The zero-order valence-electron chi connectivity index (χ0n) is 13.4. The van der Waals surface area contributed by atoms with Gasteiger partial charge in [0.25, 0.3) is 5.91 Å². The summed E-state index contributed by atoms with van der Waals surface area (Å²) >= 11 is 1.67. The molecule has 0 saturated carbocycles. The summed E-state index contributed by atoms with van der Waals surface area (Å²) in [7, 11) is 1.57. The summed E-state index contributed by atoms with van der Waals surface area (Å²) in [6.45, 7) is 0.787. The van der Waals surface area contributed by atoms with Crippen molar-refractivity contribution < 1.29 is 23.8 Å². The highest BCUT2D eigenvalue weighted by atomic mass is 32.2. The van der Waals surface area contributed by atoms with E-state index in [1.807, 2.05) is 24.3 Å². The van der Waals surface area contributed by atoms with Crippen molar-refractivity contribution in [3.63, 3.8) is 0 Å². The number of ether oxygens (including phenoxy) is 1. The second-order valence-electron chi connectivity index (χ2n) is 5.66. The highest BCUT2D eigenvalue weighted by Gasteiger charge is 2.33. The van der Waals surface area contributed by atoms with Gasteiger partial charge in [-0.05, 0) is 6.07 Å². The number of methoxy groups -OCH3 is 1. The van der Waals surface area contributed by atoms with Gasteiger partial charge in [0.1, 0.15) is 5.58 Å². The van der Waals surface area contributed by atoms with Crippen LogP contribution in [0, 0.1) is 0 Å². The predicted octanol–water partition coefficient (Wildman–Crippen LogP) is 2.61. The van der Waals surface area contributed by atoms with Crippen LogP contribution in [0.2, 0.25) is 0 Å². The molecule has 0 radical (unpaired) electrons. The number of hydrogen-bond donors (Lipinski definition) is 1. The first-order valence-electron chi connectivity index (χ1n) is 7.71. The number of aliphatic carboxylic acids is 1. The van der Waals surface area contributed by atoms with Crippen molar-refractivity contribution in [2.75, 3.05) is 25.2 Å². The molecule has 1 saturated heterocycles. The van der Waals surface area contributed by atoms with Gasteiger partial charge in [0.15, 0.2) is 5.76 Å². The van der Waals surface area contributed by atoms with Crippen LogP contribution in [0.3, 0.4) is 0 Å². The third-order valence-corrected chi connectivity index (χ3v) is 5.17. The van der Waals surface area contributed by atoms with E-state index in [1.165, 1.54) is 0 Å². The highest BCUT2D eigenvalue weighted by molar-refractivity contribution is 7.99. The van der Waals surface area contributed by atoms with Crippen molar-refractivity contribution in [3.8, 4) is 0 Å². The monoisotopic (exact) mass is 349 g/mol. The number of para-hydroxylation sites is 1. The van der Waals surface area contributed by atoms with Crippen molar-refractivity contribution in [3.05, 3.63) is 35.6 Å². The van der Waals surface area contributed by atoms with E-state index in [2.05, 4.69) is 0 Å². The van der Waals surface area contributed by atoms with E-state index >= 15 is 0 Å². The van der Waals surface area contributed by atoms with Crippen LogP contribution in [-0.2, 0) is 16.1 Å². The van der Waals surface area contributed by atoms with Crippen LogP contribution in [0.15, 0.2) is 28.7 Å². The van der Waals surface area contributed by atoms with Gasteiger partial charge in [-0.25, -0.2) is 0 Å². The van der Waals surface area contributed by atoms with Gasteiger partial charge in [0.05, 0.1) is 19.1 Å². The summed E-state index contributed by atoms with van der Waals surface area (Å²) in [5, 5.41) is 9.95. The van der Waals surface area contributed by atoms with Crippen LogP contribution < -0.4 is 0 Å². The highest BCUT2D eigenvalue weighted by Crippen LogP contribution is 2.29. The van der Waals surface area contributed by atoms with Crippen LogP contribution in [0.1, 0.15) is 22.5 Å². The molecule has 0 aliphatic carbocycles. The standard InChI is InChI=1S/C17H19NO5S/c1-22-9-13-12-4-2-3-5-14(12)23-16(13)17(21)18-6-7-24-10-11(18)8-15(19)20/h2-5,11H,6-10H2,1H3,(H,19,20). The lowest BCUT2D eigenvalue weighted by Crippen LogP contribution is -2.47. The third-order valence-electron chi connectivity index (χ3n) is 4.08. The Balaban J connectivity index is 1.97. The maximum Gasteiger partial charge on any atom is 0.305 e. The first-order chi connectivity index (χ1) is 11.6. The number of nitrogens with zero attached hydrogens (tertiary/aromatic N) is 1. The minimum Gasteiger partial charge on any atom is -0.481 e. The fourth-order valence-electron chi connectivity index (χ4n) is 2.98. The molecule has 3 rings (SSSR count). The lowest BCUT2D eigenvalue weighted by Gasteiger charge is -2.34. The molecule has 1 fully saturated rings. The molecule has 1 aliphatic rings. The van der Waals surface area contributed by atoms with Gasteiger partial charge in [-0.2, -0.15) is 11.8 Å². The van der Waals surface area contributed by atoms with Crippen LogP contribution in [0.4, 0.5) is 0 Å². The van der Waals surface area contributed by atoms with E-state index in [0.717, 1.165) is 11.1 Å². The van der Waals surface area contributed by atoms with Crippen LogP contribution in [0.25, 0.3) is 11.0 Å². The smallest absolute Gasteiger partial charge is 0.305 e. The normalized spacial score (nSPS) is 18.0. The number of rotatable bonds is 5. The molecule has 1 aromatic carbocycles. The molecular weight excluding hydrogens is 330 g/mol. The Morgan fingerprint density at radius 1 is 1.42 bits per heavy atom. The van der Waals surface area contributed by atoms with Crippen LogP contribution in [0.5, 0.6) is 0 Å². The molecule has 1 aliphatic heterocycles. The lowest BCUT2D eigenvalue weighted by molar-refractivity contribution is -0.138. The van der Waals surface area contributed by atoms with Gasteiger partial charge in [-0.3, -0.25) is 9.59 Å². The maximum absolute atomic E-state index is 13.0. The van der Waals surface area contributed by atoms with Crippen LogP contribution in [-0.4, -0.2) is 53.1 Å². The second kappa shape index (κ2) is 7.27. The van der Waals surface area contributed by atoms with Gasteiger partial charge in [0.2, 0.25) is 0 Å². The number of carboxylic acids is 1. The second-order valence-corrected chi connectivity index (χ2v) is 6.81. The Hall–Kier alpha value is -1.99. The first kappa shape index (κ1) is 16.9. The summed E-state index contributed by atoms with van der Waals surface area (Å²) in [5.41, 5.74) is 1.35. The number of carbonyl (C=O) groups excluding carboxylic acids is 1. The number of furan rings is 1. The number of hydrogen-bond acceptors (Lipinski definition) is 5. The molecule has 2 heterocycles. The molecule has 7 heteroatoms. The largest absolute Gasteiger partial charge is 0.481 e. The van der Waals surface area contributed by atoms with Crippen molar-refractivity contribution >= 4 is 34.6 Å². The lowest BCUT2D eigenvalue weighted by atomic mass is 10.1. The zero-order chi connectivity index (χ0) is 17.1.